The van der Waals surface area contributed by atoms with Crippen LogP contribution in [0.2, 0.25) is 0 Å². The van der Waals surface area contributed by atoms with Gasteiger partial charge in [-0.05, 0) is 31.9 Å². The first kappa shape index (κ1) is 14.2. The van der Waals surface area contributed by atoms with E-state index in [2.05, 4.69) is 0 Å². The number of hydrogen-bond acceptors (Lipinski definition) is 4. The molecule has 0 radical (unpaired) electrons. The summed E-state index contributed by atoms with van der Waals surface area (Å²) in [7, 11) is 0. The Morgan fingerprint density at radius 3 is 2.11 bits per heavy atom. The van der Waals surface area contributed by atoms with Crippen molar-refractivity contribution in [2.45, 2.75) is 33.0 Å². The number of carbonyl (C=O) groups is 1. The number of aliphatic hydroxyl groups is 2. The summed E-state index contributed by atoms with van der Waals surface area (Å²) < 4.78 is 0. The van der Waals surface area contributed by atoms with Gasteiger partial charge >= 0.3 is 0 Å². The predicted molar refractivity (Wildman–Crippen MR) is 73.4 cm³/mol. The third-order valence-corrected chi connectivity index (χ3v) is 3.66. The standard InChI is InChI=1S/C15H21NO3/c1-9-4-10(2)15(11(3)5-9)14(19)8-16-6-12(17)13(18)7-16/h4-5,12-13,17-18H,6-8H2,1-3H3. The van der Waals surface area contributed by atoms with Crippen molar-refractivity contribution in [1.29, 1.82) is 0 Å². The van der Waals surface area contributed by atoms with E-state index in [-0.39, 0.29) is 12.3 Å². The molecule has 4 nitrogen and oxygen atoms in total. The summed E-state index contributed by atoms with van der Waals surface area (Å²) in [6, 6.07) is 4.02. The van der Waals surface area contributed by atoms with E-state index < -0.39 is 12.2 Å². The van der Waals surface area contributed by atoms with E-state index in [9.17, 15) is 15.0 Å². The van der Waals surface area contributed by atoms with Crippen LogP contribution in [0.4, 0.5) is 0 Å². The number of carbonyl (C=O) groups excluding carboxylic acids is 1. The Balaban J connectivity index is 2.13. The Bertz CT molecular complexity index is 465. The molecule has 1 aliphatic rings. The molecule has 1 fully saturated rings. The lowest BCUT2D eigenvalue weighted by molar-refractivity contribution is 0.0572. The highest BCUT2D eigenvalue weighted by Crippen LogP contribution is 2.18. The average molecular weight is 263 g/mol. The summed E-state index contributed by atoms with van der Waals surface area (Å²) in [5, 5.41) is 19.0. The number of likely N-dealkylation sites (tertiary alicyclic amines) is 1. The molecular formula is C15H21NO3. The van der Waals surface area contributed by atoms with E-state index in [0.29, 0.717) is 13.1 Å². The molecule has 4 heteroatoms. The molecule has 19 heavy (non-hydrogen) atoms. The number of Topliss-reactive ketones (excluding diaryl/α,β-unsaturated/α-hetero) is 1. The van der Waals surface area contributed by atoms with Crippen LogP contribution < -0.4 is 0 Å². The van der Waals surface area contributed by atoms with Crippen LogP contribution in [0.1, 0.15) is 27.0 Å². The Morgan fingerprint density at radius 2 is 1.63 bits per heavy atom. The van der Waals surface area contributed by atoms with Gasteiger partial charge in [0.25, 0.3) is 0 Å². The molecule has 0 spiro atoms. The van der Waals surface area contributed by atoms with E-state index in [0.717, 1.165) is 22.3 Å². The maximum Gasteiger partial charge on any atom is 0.177 e. The van der Waals surface area contributed by atoms with Crippen LogP contribution in [-0.2, 0) is 0 Å². The third-order valence-electron chi connectivity index (χ3n) is 3.66. The number of hydrogen-bond donors (Lipinski definition) is 2. The predicted octanol–water partition coefficient (Wildman–Crippen LogP) is 0.832. The van der Waals surface area contributed by atoms with Gasteiger partial charge in [0.2, 0.25) is 0 Å². The number of rotatable bonds is 3. The monoisotopic (exact) mass is 263 g/mol. The van der Waals surface area contributed by atoms with Crippen LogP contribution in [0.5, 0.6) is 0 Å². The Labute approximate surface area is 113 Å². The highest BCUT2D eigenvalue weighted by molar-refractivity contribution is 6.00. The molecule has 104 valence electrons. The van der Waals surface area contributed by atoms with Crippen LogP contribution in [0.15, 0.2) is 12.1 Å². The SMILES string of the molecule is Cc1cc(C)c(C(=O)CN2CC(O)C(O)C2)c(C)c1. The van der Waals surface area contributed by atoms with Gasteiger partial charge in [-0.25, -0.2) is 0 Å². The van der Waals surface area contributed by atoms with E-state index in [4.69, 9.17) is 0 Å². The van der Waals surface area contributed by atoms with Crippen molar-refractivity contribution < 1.29 is 15.0 Å². The molecule has 1 aromatic rings. The minimum Gasteiger partial charge on any atom is -0.389 e. The van der Waals surface area contributed by atoms with Crippen molar-refractivity contribution in [3.63, 3.8) is 0 Å². The van der Waals surface area contributed by atoms with Gasteiger partial charge in [0.15, 0.2) is 5.78 Å². The van der Waals surface area contributed by atoms with E-state index >= 15 is 0 Å². The minimum absolute atomic E-state index is 0.0521. The molecule has 0 amide bonds. The molecule has 0 aliphatic carbocycles. The fraction of sp³-hybridized carbons (Fsp3) is 0.533. The van der Waals surface area contributed by atoms with Crippen LogP contribution in [0.25, 0.3) is 0 Å². The number of ketones is 1. The summed E-state index contributed by atoms with van der Waals surface area (Å²) >= 11 is 0. The average Bonchev–Trinajstić information content (AvgIpc) is 2.55. The van der Waals surface area contributed by atoms with Gasteiger partial charge in [0.05, 0.1) is 18.8 Å². The van der Waals surface area contributed by atoms with Crippen LogP contribution in [0.3, 0.4) is 0 Å². The zero-order chi connectivity index (χ0) is 14.2. The van der Waals surface area contributed by atoms with Crippen LogP contribution in [-0.4, -0.2) is 52.7 Å². The quantitative estimate of drug-likeness (QED) is 0.793. The number of nitrogens with zero attached hydrogens (tertiary/aromatic N) is 1. The normalized spacial score (nSPS) is 23.8. The van der Waals surface area contributed by atoms with Gasteiger partial charge in [-0.3, -0.25) is 9.69 Å². The number of benzene rings is 1. The number of aliphatic hydroxyl groups excluding tert-OH is 2. The maximum absolute atomic E-state index is 12.4. The molecule has 0 saturated carbocycles. The Morgan fingerprint density at radius 1 is 1.16 bits per heavy atom. The zero-order valence-electron chi connectivity index (χ0n) is 11.7. The molecule has 2 unspecified atom stereocenters. The summed E-state index contributed by atoms with van der Waals surface area (Å²) in [5.41, 5.74) is 3.89. The first-order valence-electron chi connectivity index (χ1n) is 6.58. The Hall–Kier alpha value is -1.23. The van der Waals surface area contributed by atoms with Gasteiger partial charge in [0.1, 0.15) is 0 Å². The molecule has 1 heterocycles. The zero-order valence-corrected chi connectivity index (χ0v) is 11.7. The van der Waals surface area contributed by atoms with E-state index in [1.54, 1.807) is 4.90 Å². The van der Waals surface area contributed by atoms with Gasteiger partial charge in [-0.2, -0.15) is 0 Å². The molecular weight excluding hydrogens is 242 g/mol. The largest absolute Gasteiger partial charge is 0.389 e. The van der Waals surface area contributed by atoms with Crippen molar-refractivity contribution >= 4 is 5.78 Å². The fourth-order valence-electron chi connectivity index (χ4n) is 2.88. The highest BCUT2D eigenvalue weighted by Gasteiger charge is 2.31. The molecule has 1 aliphatic heterocycles. The molecule has 0 aromatic heterocycles. The molecule has 1 aromatic carbocycles. The fourth-order valence-corrected chi connectivity index (χ4v) is 2.88. The summed E-state index contributed by atoms with van der Waals surface area (Å²) in [6.07, 6.45) is -1.49. The maximum atomic E-state index is 12.4. The van der Waals surface area contributed by atoms with Gasteiger partial charge in [-0.1, -0.05) is 17.7 Å². The summed E-state index contributed by atoms with van der Waals surface area (Å²) in [4.78, 5) is 14.2. The first-order chi connectivity index (χ1) is 8.88. The third kappa shape index (κ3) is 3.03. The summed E-state index contributed by atoms with van der Waals surface area (Å²) in [6.45, 7) is 6.87. The molecule has 2 rings (SSSR count). The van der Waals surface area contributed by atoms with Crippen LogP contribution in [0, 0.1) is 20.8 Å². The topological polar surface area (TPSA) is 60.8 Å². The lowest BCUT2D eigenvalue weighted by Gasteiger charge is -2.16. The van der Waals surface area contributed by atoms with E-state index in [1.807, 2.05) is 32.9 Å². The number of β-amino-alcohol motifs (C(OH)–C–C–N with tert-alkyl or cyclic N) is 2. The van der Waals surface area contributed by atoms with Crippen LogP contribution >= 0.6 is 0 Å². The molecule has 2 atom stereocenters. The van der Waals surface area contributed by atoms with Crippen molar-refractivity contribution in [3.05, 3.63) is 34.4 Å². The second kappa shape index (κ2) is 5.41. The Kier molecular flexibility index (Phi) is 4.04. The van der Waals surface area contributed by atoms with Crippen molar-refractivity contribution in [2.75, 3.05) is 19.6 Å². The van der Waals surface area contributed by atoms with Gasteiger partial charge in [-0.15, -0.1) is 0 Å². The lowest BCUT2D eigenvalue weighted by atomic mass is 9.96. The first-order valence-corrected chi connectivity index (χ1v) is 6.58. The molecule has 2 N–H and O–H groups in total. The van der Waals surface area contributed by atoms with Gasteiger partial charge in [0, 0.05) is 18.7 Å². The van der Waals surface area contributed by atoms with Crippen molar-refractivity contribution in [3.8, 4) is 0 Å². The summed E-state index contributed by atoms with van der Waals surface area (Å²) in [5.74, 6) is 0.0521. The van der Waals surface area contributed by atoms with E-state index in [1.165, 1.54) is 0 Å². The lowest BCUT2D eigenvalue weighted by Crippen LogP contribution is -2.29. The molecule has 1 saturated heterocycles. The highest BCUT2D eigenvalue weighted by atomic mass is 16.3. The smallest absolute Gasteiger partial charge is 0.177 e. The van der Waals surface area contributed by atoms with Gasteiger partial charge < -0.3 is 10.2 Å². The molecule has 0 bridgehead atoms. The van der Waals surface area contributed by atoms with Crippen molar-refractivity contribution in [2.24, 2.45) is 0 Å². The second-order valence-corrected chi connectivity index (χ2v) is 5.53. The second-order valence-electron chi connectivity index (χ2n) is 5.53. The van der Waals surface area contributed by atoms with Crippen molar-refractivity contribution in [1.82, 2.24) is 4.90 Å². The minimum atomic E-state index is -0.743. The number of aryl methyl sites for hydroxylation is 3.